The van der Waals surface area contributed by atoms with Gasteiger partial charge < -0.3 is 9.30 Å². The van der Waals surface area contributed by atoms with E-state index in [4.69, 9.17) is 27.9 Å². The third kappa shape index (κ3) is 4.13. The first-order valence-corrected chi connectivity index (χ1v) is 10.1. The van der Waals surface area contributed by atoms with Crippen LogP contribution < -0.4 is 5.32 Å². The number of carbonyl (C=O) groups excluding carboxylic acids is 1. The molecule has 2 aromatic heterocycles. The van der Waals surface area contributed by atoms with E-state index in [0.717, 1.165) is 22.2 Å². The van der Waals surface area contributed by atoms with Gasteiger partial charge in [0.15, 0.2) is 0 Å². The van der Waals surface area contributed by atoms with Crippen molar-refractivity contribution in [1.82, 2.24) is 19.3 Å². The van der Waals surface area contributed by atoms with E-state index in [1.165, 1.54) is 0 Å². The van der Waals surface area contributed by atoms with Crippen molar-refractivity contribution in [2.45, 2.75) is 20.1 Å². The molecule has 0 aliphatic rings. The largest absolute Gasteiger partial charge is 0.444 e. The van der Waals surface area contributed by atoms with Crippen molar-refractivity contribution >= 4 is 46.1 Å². The number of nitrogens with zero attached hydrogens (tertiary/aromatic N) is 4. The van der Waals surface area contributed by atoms with Crippen molar-refractivity contribution in [2.75, 3.05) is 5.32 Å². The number of ether oxygens (including phenoxy) is 1. The first-order chi connectivity index (χ1) is 14.4. The van der Waals surface area contributed by atoms with Crippen LogP contribution in [0, 0.1) is 0 Å². The van der Waals surface area contributed by atoms with Gasteiger partial charge in [-0.25, -0.2) is 14.5 Å². The zero-order valence-electron chi connectivity index (χ0n) is 16.4. The van der Waals surface area contributed by atoms with Gasteiger partial charge in [0.2, 0.25) is 0 Å². The lowest BCUT2D eigenvalue weighted by atomic mass is 10.1. The van der Waals surface area contributed by atoms with Crippen LogP contribution in [0.2, 0.25) is 10.0 Å². The molecular weight excluding hydrogens is 425 g/mol. The second-order valence-electron chi connectivity index (χ2n) is 6.73. The summed E-state index contributed by atoms with van der Waals surface area (Å²) in [5.41, 5.74) is 4.09. The van der Waals surface area contributed by atoms with E-state index >= 15 is 0 Å². The Morgan fingerprint density at radius 3 is 2.77 bits per heavy atom. The van der Waals surface area contributed by atoms with Gasteiger partial charge in [0, 0.05) is 30.2 Å². The first kappa shape index (κ1) is 20.3. The number of hydrogen-bond donors (Lipinski definition) is 1. The van der Waals surface area contributed by atoms with E-state index in [1.807, 2.05) is 36.7 Å². The van der Waals surface area contributed by atoms with Gasteiger partial charge >= 0.3 is 6.09 Å². The maximum Gasteiger partial charge on any atom is 0.413 e. The third-order valence-corrected chi connectivity index (χ3v) is 5.22. The molecule has 2 aromatic carbocycles. The Bertz CT molecular complexity index is 1230. The zero-order valence-corrected chi connectivity index (χ0v) is 17.9. The highest BCUT2D eigenvalue weighted by Crippen LogP contribution is 2.31. The minimum absolute atomic E-state index is 0.133. The summed E-state index contributed by atoms with van der Waals surface area (Å²) < 4.78 is 8.97. The van der Waals surface area contributed by atoms with Crippen LogP contribution in [-0.4, -0.2) is 25.4 Å². The summed E-state index contributed by atoms with van der Waals surface area (Å²) >= 11 is 12.2. The number of nitrogens with one attached hydrogen (secondary N) is 1. The molecule has 4 aromatic rings. The maximum absolute atomic E-state index is 12.3. The van der Waals surface area contributed by atoms with Crippen LogP contribution in [0.3, 0.4) is 0 Å². The molecule has 0 radical (unpaired) electrons. The van der Waals surface area contributed by atoms with Crippen LogP contribution >= 0.6 is 23.2 Å². The second-order valence-corrected chi connectivity index (χ2v) is 7.58. The average molecular weight is 444 g/mol. The summed E-state index contributed by atoms with van der Waals surface area (Å²) in [6.07, 6.45) is 1.18. The standard InChI is InChI=1S/C21H19Cl2N5O2/c1-3-28-20(10-17(26-28)15-6-5-14(22)9-16(15)23)25-21(29)30-11-13-4-7-19-18(8-13)24-12-27(19)2/h4-10,12H,3,11H2,1-2H3,(H,25,29). The van der Waals surface area contributed by atoms with Crippen molar-refractivity contribution in [3.63, 3.8) is 0 Å². The minimum Gasteiger partial charge on any atom is -0.444 e. The molecule has 1 amide bonds. The Morgan fingerprint density at radius 1 is 1.17 bits per heavy atom. The molecule has 154 valence electrons. The van der Waals surface area contributed by atoms with E-state index in [0.29, 0.717) is 28.1 Å². The lowest BCUT2D eigenvalue weighted by Crippen LogP contribution is -2.16. The molecule has 30 heavy (non-hydrogen) atoms. The number of hydrogen-bond acceptors (Lipinski definition) is 4. The number of imidazole rings is 1. The molecule has 0 fully saturated rings. The van der Waals surface area contributed by atoms with E-state index < -0.39 is 6.09 Å². The summed E-state index contributed by atoms with van der Waals surface area (Å²) in [4.78, 5) is 16.7. The molecule has 0 unspecified atom stereocenters. The highest BCUT2D eigenvalue weighted by molar-refractivity contribution is 6.36. The molecule has 0 spiro atoms. The molecule has 0 saturated carbocycles. The quantitative estimate of drug-likeness (QED) is 0.441. The number of fused-ring (bicyclic) bond motifs is 1. The number of amides is 1. The van der Waals surface area contributed by atoms with Crippen molar-refractivity contribution in [3.8, 4) is 11.3 Å². The van der Waals surface area contributed by atoms with Crippen LogP contribution in [0.5, 0.6) is 0 Å². The van der Waals surface area contributed by atoms with Crippen LogP contribution in [0.1, 0.15) is 12.5 Å². The monoisotopic (exact) mass is 443 g/mol. The highest BCUT2D eigenvalue weighted by Gasteiger charge is 2.14. The lowest BCUT2D eigenvalue weighted by Gasteiger charge is -2.08. The van der Waals surface area contributed by atoms with Gasteiger partial charge in [0.1, 0.15) is 12.4 Å². The molecule has 0 saturated heterocycles. The first-order valence-electron chi connectivity index (χ1n) is 9.31. The van der Waals surface area contributed by atoms with Crippen LogP contribution in [0.25, 0.3) is 22.3 Å². The second kappa shape index (κ2) is 8.38. The van der Waals surface area contributed by atoms with Crippen molar-refractivity contribution < 1.29 is 9.53 Å². The van der Waals surface area contributed by atoms with Gasteiger partial charge in [-0.3, -0.25) is 5.32 Å². The number of aromatic nitrogens is 4. The molecule has 1 N–H and O–H groups in total. The fourth-order valence-corrected chi connectivity index (χ4v) is 3.65. The number of anilines is 1. The molecule has 0 atom stereocenters. The predicted octanol–water partition coefficient (Wildman–Crippen LogP) is 5.51. The van der Waals surface area contributed by atoms with Gasteiger partial charge in [-0.05, 0) is 42.8 Å². The summed E-state index contributed by atoms with van der Waals surface area (Å²) in [5.74, 6) is 0.517. The number of carbonyl (C=O) groups is 1. The molecule has 0 aliphatic carbocycles. The van der Waals surface area contributed by atoms with E-state index in [2.05, 4.69) is 15.4 Å². The van der Waals surface area contributed by atoms with Crippen LogP contribution in [0.4, 0.5) is 10.6 Å². The summed E-state index contributed by atoms with van der Waals surface area (Å²) in [5, 5.41) is 8.28. The molecule has 9 heteroatoms. The van der Waals surface area contributed by atoms with Gasteiger partial charge in [-0.1, -0.05) is 29.3 Å². The Morgan fingerprint density at radius 2 is 2.00 bits per heavy atom. The van der Waals surface area contributed by atoms with Crippen LogP contribution in [-0.2, 0) is 24.9 Å². The molecule has 0 aliphatic heterocycles. The molecule has 4 rings (SSSR count). The number of rotatable bonds is 5. The number of halogens is 2. The molecule has 2 heterocycles. The molecular formula is C21H19Cl2N5O2. The van der Waals surface area contributed by atoms with Crippen molar-refractivity contribution in [3.05, 3.63) is 64.4 Å². The van der Waals surface area contributed by atoms with Crippen molar-refractivity contribution in [1.29, 1.82) is 0 Å². The highest BCUT2D eigenvalue weighted by atomic mass is 35.5. The number of benzene rings is 2. The predicted molar refractivity (Wildman–Crippen MR) is 118 cm³/mol. The third-order valence-electron chi connectivity index (χ3n) is 4.68. The van der Waals surface area contributed by atoms with Gasteiger partial charge in [0.25, 0.3) is 0 Å². The Labute approximate surface area is 183 Å². The van der Waals surface area contributed by atoms with Gasteiger partial charge in [-0.2, -0.15) is 5.10 Å². The Balaban J connectivity index is 1.46. The molecule has 0 bridgehead atoms. The fraction of sp³-hybridized carbons (Fsp3) is 0.190. The smallest absolute Gasteiger partial charge is 0.413 e. The topological polar surface area (TPSA) is 74.0 Å². The van der Waals surface area contributed by atoms with E-state index in [-0.39, 0.29) is 6.61 Å². The summed E-state index contributed by atoms with van der Waals surface area (Å²) in [6.45, 7) is 2.63. The van der Waals surface area contributed by atoms with Crippen molar-refractivity contribution in [2.24, 2.45) is 7.05 Å². The van der Waals surface area contributed by atoms with Gasteiger partial charge in [0.05, 0.1) is 28.1 Å². The minimum atomic E-state index is -0.570. The summed E-state index contributed by atoms with van der Waals surface area (Å²) in [6, 6.07) is 12.7. The van der Waals surface area contributed by atoms with Crippen LogP contribution in [0.15, 0.2) is 48.8 Å². The summed E-state index contributed by atoms with van der Waals surface area (Å²) in [7, 11) is 1.93. The molecule has 7 nitrogen and oxygen atoms in total. The zero-order chi connectivity index (χ0) is 21.3. The average Bonchev–Trinajstić information content (AvgIpc) is 3.29. The van der Waals surface area contributed by atoms with E-state index in [9.17, 15) is 4.79 Å². The number of aryl methyl sites for hydroxylation is 2. The maximum atomic E-state index is 12.3. The Hall–Kier alpha value is -3.03. The fourth-order valence-electron chi connectivity index (χ4n) is 3.15. The Kier molecular flexibility index (Phi) is 5.65. The lowest BCUT2D eigenvalue weighted by molar-refractivity contribution is 0.155. The normalized spacial score (nSPS) is 11.1. The van der Waals surface area contributed by atoms with Gasteiger partial charge in [-0.15, -0.1) is 0 Å². The van der Waals surface area contributed by atoms with E-state index in [1.54, 1.807) is 35.3 Å². The SMILES string of the molecule is CCn1nc(-c2ccc(Cl)cc2Cl)cc1NC(=O)OCc1ccc2c(c1)ncn2C.